The van der Waals surface area contributed by atoms with Crippen LogP contribution in [0.5, 0.6) is 0 Å². The molecule has 1 rings (SSSR count). The molecule has 0 aliphatic heterocycles. The third-order valence-electron chi connectivity index (χ3n) is 6.12. The molecule has 1 aromatic rings. The van der Waals surface area contributed by atoms with E-state index in [1.54, 1.807) is 12.1 Å². The Morgan fingerprint density at radius 3 is 1.11 bits per heavy atom. The molecule has 1 aromatic carbocycles. The second-order valence-corrected chi connectivity index (χ2v) is 8.00. The highest BCUT2D eigenvalue weighted by Gasteiger charge is 2.31. The molecule has 0 saturated carbocycles. The molecule has 4 atom stereocenters. The highest BCUT2D eigenvalue weighted by molar-refractivity contribution is 6.07. The van der Waals surface area contributed by atoms with Gasteiger partial charge in [0.1, 0.15) is 0 Å². The van der Waals surface area contributed by atoms with Crippen LogP contribution in [-0.4, -0.2) is 45.8 Å². The largest absolute Gasteiger partial charge is 0.333 e. The Morgan fingerprint density at radius 1 is 0.643 bits per heavy atom. The Hall–Kier alpha value is -1.84. The first-order valence-electron chi connectivity index (χ1n) is 11.0. The molecule has 0 bridgehead atoms. The summed E-state index contributed by atoms with van der Waals surface area (Å²) in [7, 11) is 0. The molecule has 2 amide bonds. The molecule has 0 aliphatic carbocycles. The number of rotatable bonds is 10. The normalized spacial score (nSPS) is 15.4. The molecule has 0 heterocycles. The van der Waals surface area contributed by atoms with Crippen LogP contribution in [0.1, 0.15) is 102 Å². The van der Waals surface area contributed by atoms with Crippen LogP contribution in [0.15, 0.2) is 24.3 Å². The van der Waals surface area contributed by atoms with Crippen molar-refractivity contribution < 1.29 is 9.59 Å². The Bertz CT molecular complexity index is 568. The molecule has 0 fully saturated rings. The van der Waals surface area contributed by atoms with Gasteiger partial charge in [0.05, 0.1) is 11.1 Å². The third-order valence-corrected chi connectivity index (χ3v) is 6.12. The molecular weight excluding hydrogens is 348 g/mol. The maximum Gasteiger partial charge on any atom is 0.255 e. The first kappa shape index (κ1) is 24.2. The van der Waals surface area contributed by atoms with Gasteiger partial charge in [0.2, 0.25) is 0 Å². The summed E-state index contributed by atoms with van der Waals surface area (Å²) in [4.78, 5) is 30.9. The van der Waals surface area contributed by atoms with Gasteiger partial charge in [0.15, 0.2) is 0 Å². The Morgan fingerprint density at radius 2 is 0.893 bits per heavy atom. The van der Waals surface area contributed by atoms with Gasteiger partial charge in [-0.1, -0.05) is 39.8 Å². The summed E-state index contributed by atoms with van der Waals surface area (Å²) in [5.74, 6) is -0.0817. The van der Waals surface area contributed by atoms with Crippen LogP contribution in [0.2, 0.25) is 0 Å². The second kappa shape index (κ2) is 11.2. The van der Waals surface area contributed by atoms with Crippen LogP contribution >= 0.6 is 0 Å². The predicted molar refractivity (Wildman–Crippen MR) is 118 cm³/mol. The summed E-state index contributed by atoms with van der Waals surface area (Å²) in [5, 5.41) is 0. The average molecular weight is 389 g/mol. The summed E-state index contributed by atoms with van der Waals surface area (Å²) in [5.41, 5.74) is 1.04. The number of carbonyl (C=O) groups is 2. The Balaban J connectivity index is 3.42. The van der Waals surface area contributed by atoms with Gasteiger partial charge in [-0.2, -0.15) is 0 Å². The molecule has 4 heteroatoms. The molecule has 4 nitrogen and oxygen atoms in total. The van der Waals surface area contributed by atoms with Crippen molar-refractivity contribution >= 4 is 11.8 Å². The number of hydrogen-bond donors (Lipinski definition) is 0. The smallest absolute Gasteiger partial charge is 0.255 e. The van der Waals surface area contributed by atoms with E-state index in [1.165, 1.54) is 0 Å². The maximum absolute atomic E-state index is 13.5. The maximum atomic E-state index is 13.5. The lowest BCUT2D eigenvalue weighted by Gasteiger charge is -2.36. The summed E-state index contributed by atoms with van der Waals surface area (Å²) in [6, 6.07) is 7.84. The molecule has 0 N–H and O–H groups in total. The minimum Gasteiger partial charge on any atom is -0.333 e. The standard InChI is InChI=1S/C24H40N2O2/c1-9-17(5)25(18(6)10-2)23(27)21-15-13-14-16-22(21)24(28)26(19(7)11-3)20(8)12-4/h13-20H,9-12H2,1-8H3/t17-,18-,19-,20-/m0/s1. The number of nitrogens with zero attached hydrogens (tertiary/aromatic N) is 2. The van der Waals surface area contributed by atoms with E-state index in [-0.39, 0.29) is 36.0 Å². The van der Waals surface area contributed by atoms with Crippen molar-refractivity contribution in [1.82, 2.24) is 9.80 Å². The average Bonchev–Trinajstić information content (AvgIpc) is 2.72. The summed E-state index contributed by atoms with van der Waals surface area (Å²) < 4.78 is 0. The van der Waals surface area contributed by atoms with Crippen molar-refractivity contribution in [1.29, 1.82) is 0 Å². The van der Waals surface area contributed by atoms with Gasteiger partial charge in [-0.15, -0.1) is 0 Å². The van der Waals surface area contributed by atoms with Crippen molar-refractivity contribution in [3.8, 4) is 0 Å². The molecule has 0 aromatic heterocycles. The van der Waals surface area contributed by atoms with Crippen LogP contribution in [0.3, 0.4) is 0 Å². The van der Waals surface area contributed by atoms with Gasteiger partial charge in [-0.25, -0.2) is 0 Å². The summed E-state index contributed by atoms with van der Waals surface area (Å²) >= 11 is 0. The lowest BCUT2D eigenvalue weighted by molar-refractivity contribution is 0.0556. The first-order chi connectivity index (χ1) is 13.2. The van der Waals surface area contributed by atoms with Gasteiger partial charge in [0.25, 0.3) is 11.8 Å². The fourth-order valence-electron chi connectivity index (χ4n) is 3.59. The number of amides is 2. The molecule has 28 heavy (non-hydrogen) atoms. The molecule has 0 unspecified atom stereocenters. The van der Waals surface area contributed by atoms with E-state index < -0.39 is 0 Å². The molecule has 0 aliphatic rings. The monoisotopic (exact) mass is 388 g/mol. The predicted octanol–water partition coefficient (Wildman–Crippen LogP) is 5.77. The van der Waals surface area contributed by atoms with Crippen molar-refractivity contribution in [2.24, 2.45) is 0 Å². The van der Waals surface area contributed by atoms with Crippen molar-refractivity contribution in [3.05, 3.63) is 35.4 Å². The Labute approximate surface area is 172 Å². The van der Waals surface area contributed by atoms with Gasteiger partial charge in [-0.05, 0) is 65.5 Å². The van der Waals surface area contributed by atoms with E-state index in [1.807, 2.05) is 21.9 Å². The zero-order valence-electron chi connectivity index (χ0n) is 19.2. The SMILES string of the molecule is CC[C@H](C)N(C(=O)c1ccccc1C(=O)N([C@@H](C)CC)[C@@H](C)CC)[C@@H](C)CC. The number of benzene rings is 1. The lowest BCUT2D eigenvalue weighted by atomic mass is 10.00. The molecule has 0 spiro atoms. The van der Waals surface area contributed by atoms with Crippen molar-refractivity contribution in [3.63, 3.8) is 0 Å². The van der Waals surface area contributed by atoms with Crippen LogP contribution in [0.4, 0.5) is 0 Å². The summed E-state index contributed by atoms with van der Waals surface area (Å²) in [6.07, 6.45) is 3.55. The van der Waals surface area contributed by atoms with E-state index in [2.05, 4.69) is 55.4 Å². The summed E-state index contributed by atoms with van der Waals surface area (Å²) in [6.45, 7) is 16.7. The van der Waals surface area contributed by atoms with Crippen LogP contribution in [0.25, 0.3) is 0 Å². The van der Waals surface area contributed by atoms with Gasteiger partial charge in [0, 0.05) is 24.2 Å². The lowest BCUT2D eigenvalue weighted by Crippen LogP contribution is -2.47. The first-order valence-corrected chi connectivity index (χ1v) is 11.0. The highest BCUT2D eigenvalue weighted by atomic mass is 16.2. The van der Waals surface area contributed by atoms with Crippen LogP contribution < -0.4 is 0 Å². The third kappa shape index (κ3) is 5.36. The molecule has 0 radical (unpaired) electrons. The minimum atomic E-state index is -0.0408. The van der Waals surface area contributed by atoms with E-state index in [0.717, 1.165) is 25.7 Å². The van der Waals surface area contributed by atoms with Gasteiger partial charge >= 0.3 is 0 Å². The van der Waals surface area contributed by atoms with Crippen LogP contribution in [-0.2, 0) is 0 Å². The van der Waals surface area contributed by atoms with Crippen LogP contribution in [0, 0.1) is 0 Å². The second-order valence-electron chi connectivity index (χ2n) is 8.00. The van der Waals surface area contributed by atoms with Gasteiger partial charge < -0.3 is 9.80 Å². The Kier molecular flexibility index (Phi) is 9.71. The number of hydrogen-bond acceptors (Lipinski definition) is 2. The van der Waals surface area contributed by atoms with E-state index in [4.69, 9.17) is 0 Å². The molecular formula is C24H40N2O2. The van der Waals surface area contributed by atoms with Gasteiger partial charge in [-0.3, -0.25) is 9.59 Å². The quantitative estimate of drug-likeness (QED) is 0.511. The fraction of sp³-hybridized carbons (Fsp3) is 0.667. The number of carbonyl (C=O) groups excluding carboxylic acids is 2. The zero-order chi connectivity index (χ0) is 21.4. The van der Waals surface area contributed by atoms with E-state index in [9.17, 15) is 9.59 Å². The highest BCUT2D eigenvalue weighted by Crippen LogP contribution is 2.23. The minimum absolute atomic E-state index is 0.0408. The fourth-order valence-corrected chi connectivity index (χ4v) is 3.59. The molecule has 158 valence electrons. The van der Waals surface area contributed by atoms with E-state index in [0.29, 0.717) is 11.1 Å². The zero-order valence-corrected chi connectivity index (χ0v) is 19.2. The topological polar surface area (TPSA) is 40.6 Å². The van der Waals surface area contributed by atoms with Crippen molar-refractivity contribution in [2.45, 2.75) is 105 Å². The molecule has 0 saturated heterocycles. The van der Waals surface area contributed by atoms with E-state index >= 15 is 0 Å². The van der Waals surface area contributed by atoms with Crippen molar-refractivity contribution in [2.75, 3.05) is 0 Å².